The number of rotatable bonds is 5. The first-order valence-corrected chi connectivity index (χ1v) is 18.2. The van der Waals surface area contributed by atoms with Gasteiger partial charge in [-0.3, -0.25) is 0 Å². The molecule has 2 aliphatic rings. The first-order chi connectivity index (χ1) is 26.5. The highest BCUT2D eigenvalue weighted by atomic mass is 16.5. The Balaban J connectivity index is 1.09. The molecule has 0 atom stereocenters. The number of fused-ring (bicyclic) bond motifs is 4. The molecule has 0 saturated heterocycles. The van der Waals surface area contributed by atoms with E-state index in [2.05, 4.69) is 115 Å². The third-order valence-corrected chi connectivity index (χ3v) is 10.5. The van der Waals surface area contributed by atoms with Crippen LogP contribution in [0.5, 0.6) is 11.5 Å². The molecule has 0 amide bonds. The van der Waals surface area contributed by atoms with Crippen molar-refractivity contribution in [1.29, 1.82) is 0 Å². The second-order valence-electron chi connectivity index (χ2n) is 14.1. The summed E-state index contributed by atoms with van der Waals surface area (Å²) in [7, 11) is 0. The summed E-state index contributed by atoms with van der Waals surface area (Å²) in [6.45, 7) is 4.65. The third kappa shape index (κ3) is 5.22. The molecule has 258 valence electrons. The van der Waals surface area contributed by atoms with Crippen molar-refractivity contribution in [1.82, 2.24) is 15.0 Å². The molecule has 0 unspecified atom stereocenters. The quantitative estimate of drug-likeness (QED) is 0.178. The monoisotopic (exact) mass is 697 g/mol. The number of aromatic nitrogens is 3. The predicted molar refractivity (Wildman–Crippen MR) is 218 cm³/mol. The molecule has 10 rings (SSSR count). The Morgan fingerprint density at radius 1 is 0.389 bits per heavy atom. The third-order valence-electron chi connectivity index (χ3n) is 10.5. The summed E-state index contributed by atoms with van der Waals surface area (Å²) >= 11 is 0. The van der Waals surface area contributed by atoms with Gasteiger partial charge in [0.05, 0.1) is 22.7 Å². The summed E-state index contributed by atoms with van der Waals surface area (Å²) in [4.78, 5) is 19.5. The van der Waals surface area contributed by atoms with Gasteiger partial charge in [-0.15, -0.1) is 0 Å². The van der Waals surface area contributed by atoms with Crippen LogP contribution in [0.25, 0.3) is 34.2 Å². The van der Waals surface area contributed by atoms with Crippen LogP contribution in [0.15, 0.2) is 176 Å². The van der Waals surface area contributed by atoms with Crippen LogP contribution in [0.1, 0.15) is 25.0 Å². The van der Waals surface area contributed by atoms with Crippen LogP contribution in [0.3, 0.4) is 0 Å². The number of ether oxygens (including phenoxy) is 1. The van der Waals surface area contributed by atoms with E-state index in [1.165, 1.54) is 11.1 Å². The van der Waals surface area contributed by atoms with Gasteiger partial charge < -0.3 is 14.5 Å². The minimum atomic E-state index is -0.268. The Bertz CT molecular complexity index is 2570. The van der Waals surface area contributed by atoms with Crippen molar-refractivity contribution in [2.45, 2.75) is 19.3 Å². The Morgan fingerprint density at radius 3 is 1.39 bits per heavy atom. The zero-order chi connectivity index (χ0) is 36.2. The Kier molecular flexibility index (Phi) is 7.37. The predicted octanol–water partition coefficient (Wildman–Crippen LogP) is 12.6. The normalized spacial score (nSPS) is 13.6. The lowest BCUT2D eigenvalue weighted by molar-refractivity contribution is 0.477. The number of para-hydroxylation sites is 5. The van der Waals surface area contributed by atoms with Gasteiger partial charge in [0, 0.05) is 33.5 Å². The van der Waals surface area contributed by atoms with Crippen LogP contribution in [-0.2, 0) is 5.41 Å². The minimum absolute atomic E-state index is 0.268. The number of benzene rings is 7. The van der Waals surface area contributed by atoms with E-state index in [-0.39, 0.29) is 5.41 Å². The first kappa shape index (κ1) is 31.7. The maximum atomic E-state index is 6.34. The number of hydrogen-bond acceptors (Lipinski definition) is 6. The molecule has 7 aromatic carbocycles. The fourth-order valence-corrected chi connectivity index (χ4v) is 7.79. The lowest BCUT2D eigenvalue weighted by Crippen LogP contribution is -2.31. The van der Waals surface area contributed by atoms with Crippen molar-refractivity contribution in [3.8, 4) is 45.7 Å². The molecule has 3 heterocycles. The second-order valence-corrected chi connectivity index (χ2v) is 14.1. The highest BCUT2D eigenvalue weighted by Gasteiger charge is 2.38. The van der Waals surface area contributed by atoms with Gasteiger partial charge >= 0.3 is 0 Å². The summed E-state index contributed by atoms with van der Waals surface area (Å²) in [6.07, 6.45) is 0. The average Bonchev–Trinajstić information content (AvgIpc) is 3.23. The number of nitrogens with zero attached hydrogens (tertiary/aromatic N) is 5. The fourth-order valence-electron chi connectivity index (χ4n) is 7.79. The van der Waals surface area contributed by atoms with Crippen molar-refractivity contribution in [2.24, 2.45) is 0 Å². The van der Waals surface area contributed by atoms with Gasteiger partial charge in [-0.2, -0.15) is 0 Å². The molecule has 6 heteroatoms. The Morgan fingerprint density at radius 2 is 0.815 bits per heavy atom. The molecule has 54 heavy (non-hydrogen) atoms. The van der Waals surface area contributed by atoms with E-state index >= 15 is 0 Å². The SMILES string of the molecule is CC1(C)c2ccccc2N(c2ccc(-c3nc(-c4ccccc4)nc(-c4ccccc4)n3)cc2)c2ccc(N3c4ccccc4Oc4ccccc43)cc21. The van der Waals surface area contributed by atoms with E-state index in [4.69, 9.17) is 19.7 Å². The molecule has 6 nitrogen and oxygen atoms in total. The molecular formula is C48H35N5O. The molecule has 0 radical (unpaired) electrons. The zero-order valence-electron chi connectivity index (χ0n) is 29.9. The Labute approximate surface area is 314 Å². The fraction of sp³-hybridized carbons (Fsp3) is 0.0625. The van der Waals surface area contributed by atoms with Gasteiger partial charge in [0.25, 0.3) is 0 Å². The van der Waals surface area contributed by atoms with Gasteiger partial charge in [-0.05, 0) is 83.9 Å². The molecule has 0 saturated carbocycles. The van der Waals surface area contributed by atoms with Crippen molar-refractivity contribution < 1.29 is 4.74 Å². The summed E-state index contributed by atoms with van der Waals surface area (Å²) in [6, 6.07) is 60.8. The van der Waals surface area contributed by atoms with Crippen LogP contribution in [0.4, 0.5) is 34.1 Å². The van der Waals surface area contributed by atoms with E-state index < -0.39 is 0 Å². The lowest BCUT2D eigenvalue weighted by Gasteiger charge is -2.43. The zero-order valence-corrected chi connectivity index (χ0v) is 29.9. The topological polar surface area (TPSA) is 54.4 Å². The van der Waals surface area contributed by atoms with Crippen molar-refractivity contribution in [2.75, 3.05) is 9.80 Å². The lowest BCUT2D eigenvalue weighted by atomic mass is 9.73. The molecule has 0 fully saturated rings. The Hall–Kier alpha value is -7.05. The standard InChI is InChI=1S/C48H35N5O/c1-48(2)37-19-9-10-20-39(37)52(40-30-29-36(31-38(40)48)53-41-21-11-13-23-43(41)54-44-24-14-12-22-42(44)53)35-27-25-34(26-28-35)47-50-45(32-15-5-3-6-16-32)49-46(51-47)33-17-7-4-8-18-33/h3-31H,1-2H3. The van der Waals surface area contributed by atoms with Crippen LogP contribution in [0.2, 0.25) is 0 Å². The summed E-state index contributed by atoms with van der Waals surface area (Å²) < 4.78 is 6.34. The van der Waals surface area contributed by atoms with Gasteiger partial charge in [-0.25, -0.2) is 15.0 Å². The van der Waals surface area contributed by atoms with Crippen molar-refractivity contribution in [3.63, 3.8) is 0 Å². The molecule has 0 bridgehead atoms. The van der Waals surface area contributed by atoms with Gasteiger partial charge in [0.15, 0.2) is 29.0 Å². The molecule has 8 aromatic rings. The molecule has 1 aromatic heterocycles. The summed E-state index contributed by atoms with van der Waals surface area (Å²) in [5.41, 5.74) is 11.5. The van der Waals surface area contributed by atoms with Crippen LogP contribution >= 0.6 is 0 Å². The summed E-state index contributed by atoms with van der Waals surface area (Å²) in [5, 5.41) is 0. The van der Waals surface area contributed by atoms with Gasteiger partial charge in [0.1, 0.15) is 0 Å². The molecule has 0 aliphatic carbocycles. The maximum Gasteiger partial charge on any atom is 0.164 e. The van der Waals surface area contributed by atoms with E-state index in [1.54, 1.807) is 0 Å². The van der Waals surface area contributed by atoms with E-state index in [0.29, 0.717) is 17.5 Å². The van der Waals surface area contributed by atoms with Crippen molar-refractivity contribution >= 4 is 34.1 Å². The van der Waals surface area contributed by atoms with Crippen molar-refractivity contribution in [3.05, 3.63) is 187 Å². The van der Waals surface area contributed by atoms with Gasteiger partial charge in [-0.1, -0.05) is 117 Å². The first-order valence-electron chi connectivity index (χ1n) is 18.2. The highest BCUT2D eigenvalue weighted by molar-refractivity contribution is 5.91. The van der Waals surface area contributed by atoms with Gasteiger partial charge in [0.2, 0.25) is 0 Å². The smallest absolute Gasteiger partial charge is 0.164 e. The molecule has 0 spiro atoms. The van der Waals surface area contributed by atoms with E-state index in [9.17, 15) is 0 Å². The highest BCUT2D eigenvalue weighted by Crippen LogP contribution is 2.55. The average molecular weight is 698 g/mol. The number of anilines is 6. The second kappa shape index (κ2) is 12.6. The molecule has 2 aliphatic heterocycles. The van der Waals surface area contributed by atoms with E-state index in [1.807, 2.05) is 84.9 Å². The van der Waals surface area contributed by atoms with Crippen LogP contribution in [-0.4, -0.2) is 15.0 Å². The summed E-state index contributed by atoms with van der Waals surface area (Å²) in [5.74, 6) is 3.60. The molecule has 0 N–H and O–H groups in total. The largest absolute Gasteiger partial charge is 0.453 e. The molecular weight excluding hydrogens is 663 g/mol. The number of hydrogen-bond donors (Lipinski definition) is 0. The van der Waals surface area contributed by atoms with Crippen LogP contribution in [0, 0.1) is 0 Å². The van der Waals surface area contributed by atoms with Crippen LogP contribution < -0.4 is 14.5 Å². The maximum absolute atomic E-state index is 6.34. The van der Waals surface area contributed by atoms with E-state index in [0.717, 1.165) is 62.3 Å². The minimum Gasteiger partial charge on any atom is -0.453 e.